The van der Waals surface area contributed by atoms with Crippen LogP contribution in [-0.4, -0.2) is 37.2 Å². The van der Waals surface area contributed by atoms with Gasteiger partial charge in [-0.05, 0) is 50.9 Å². The summed E-state index contributed by atoms with van der Waals surface area (Å²) in [4.78, 5) is 14.3. The molecule has 1 aliphatic heterocycles. The maximum atomic E-state index is 11.9. The molecule has 2 rings (SSSR count). The van der Waals surface area contributed by atoms with Crippen LogP contribution in [0.4, 0.5) is 10.5 Å². The van der Waals surface area contributed by atoms with E-state index in [0.717, 1.165) is 36.4 Å². The molecule has 21 heavy (non-hydrogen) atoms. The Labute approximate surface area is 127 Å². The third-order valence-corrected chi connectivity index (χ3v) is 4.05. The zero-order valence-corrected chi connectivity index (χ0v) is 13.2. The number of nitrogens with one attached hydrogen (secondary N) is 1. The minimum atomic E-state index is -0.359. The lowest BCUT2D eigenvalue weighted by molar-refractivity contribution is 0.140. The topological polar surface area (TPSA) is 41.6 Å². The third kappa shape index (κ3) is 5.05. The van der Waals surface area contributed by atoms with Gasteiger partial charge in [-0.25, -0.2) is 4.79 Å². The zero-order valence-electron chi connectivity index (χ0n) is 13.2. The first-order valence-corrected chi connectivity index (χ1v) is 7.89. The van der Waals surface area contributed by atoms with E-state index in [1.165, 1.54) is 25.7 Å². The highest BCUT2D eigenvalue weighted by atomic mass is 16.5. The Hall–Kier alpha value is -1.55. The Bertz CT molecular complexity index is 446. The highest BCUT2D eigenvalue weighted by Gasteiger charge is 2.11. The summed E-state index contributed by atoms with van der Waals surface area (Å²) in [6, 6.07) is 5.96. The lowest BCUT2D eigenvalue weighted by atomic mass is 10.1. The Morgan fingerprint density at radius 3 is 2.38 bits per heavy atom. The molecule has 0 bridgehead atoms. The Morgan fingerprint density at radius 1 is 1.14 bits per heavy atom. The molecule has 1 aliphatic rings. The van der Waals surface area contributed by atoms with Crippen molar-refractivity contribution in [3.8, 4) is 0 Å². The normalized spacial score (nSPS) is 16.3. The number of anilines is 1. The average Bonchev–Trinajstić information content (AvgIpc) is 2.72. The van der Waals surface area contributed by atoms with Crippen LogP contribution in [0.15, 0.2) is 18.2 Å². The Kier molecular flexibility index (Phi) is 6.05. The molecule has 1 aromatic rings. The van der Waals surface area contributed by atoms with Gasteiger partial charge in [0.2, 0.25) is 0 Å². The number of ether oxygens (including phenoxy) is 1. The van der Waals surface area contributed by atoms with Gasteiger partial charge >= 0.3 is 6.09 Å². The lowest BCUT2D eigenvalue weighted by Crippen LogP contribution is -2.30. The van der Waals surface area contributed by atoms with Crippen LogP contribution < -0.4 is 5.32 Å². The highest BCUT2D eigenvalue weighted by Crippen LogP contribution is 2.19. The van der Waals surface area contributed by atoms with Crippen LogP contribution in [0.3, 0.4) is 0 Å². The minimum absolute atomic E-state index is 0.359. The van der Waals surface area contributed by atoms with E-state index in [-0.39, 0.29) is 6.09 Å². The van der Waals surface area contributed by atoms with Gasteiger partial charge in [-0.1, -0.05) is 31.0 Å². The zero-order chi connectivity index (χ0) is 15.1. The largest absolute Gasteiger partial charge is 0.448 e. The van der Waals surface area contributed by atoms with E-state index >= 15 is 0 Å². The van der Waals surface area contributed by atoms with Crippen LogP contribution in [0.1, 0.15) is 36.8 Å². The molecule has 0 spiro atoms. The fourth-order valence-electron chi connectivity index (χ4n) is 2.78. The number of hydrogen-bond acceptors (Lipinski definition) is 3. The van der Waals surface area contributed by atoms with E-state index in [4.69, 9.17) is 4.74 Å². The number of carbonyl (C=O) groups is 1. The second-order valence-electron chi connectivity index (χ2n) is 5.78. The number of carbonyl (C=O) groups excluding carboxylic acids is 1. The van der Waals surface area contributed by atoms with Crippen molar-refractivity contribution in [2.24, 2.45) is 0 Å². The molecule has 116 valence electrons. The summed E-state index contributed by atoms with van der Waals surface area (Å²) in [7, 11) is 0. The monoisotopic (exact) mass is 290 g/mol. The molecule has 1 saturated heterocycles. The fourth-order valence-corrected chi connectivity index (χ4v) is 2.78. The minimum Gasteiger partial charge on any atom is -0.448 e. The van der Waals surface area contributed by atoms with Gasteiger partial charge in [-0.2, -0.15) is 0 Å². The van der Waals surface area contributed by atoms with Crippen LogP contribution in [-0.2, 0) is 4.74 Å². The van der Waals surface area contributed by atoms with Gasteiger partial charge < -0.3 is 4.74 Å². The summed E-state index contributed by atoms with van der Waals surface area (Å²) in [6.45, 7) is 7.51. The van der Waals surface area contributed by atoms with Gasteiger partial charge in [0.15, 0.2) is 0 Å². The van der Waals surface area contributed by atoms with E-state index in [0.29, 0.717) is 6.61 Å². The molecule has 0 aromatic heterocycles. The molecule has 1 heterocycles. The lowest BCUT2D eigenvalue weighted by Gasteiger charge is -2.19. The number of likely N-dealkylation sites (tertiary alicyclic amines) is 1. The maximum absolute atomic E-state index is 11.9. The van der Waals surface area contributed by atoms with Gasteiger partial charge in [-0.3, -0.25) is 10.2 Å². The molecule has 0 saturated carbocycles. The smallest absolute Gasteiger partial charge is 0.411 e. The predicted octanol–water partition coefficient (Wildman–Crippen LogP) is 3.73. The van der Waals surface area contributed by atoms with E-state index in [1.54, 1.807) is 0 Å². The second-order valence-corrected chi connectivity index (χ2v) is 5.78. The molecule has 4 nitrogen and oxygen atoms in total. The third-order valence-electron chi connectivity index (χ3n) is 4.05. The molecule has 0 unspecified atom stereocenters. The predicted molar refractivity (Wildman–Crippen MR) is 85.8 cm³/mol. The van der Waals surface area contributed by atoms with Gasteiger partial charge in [0, 0.05) is 12.2 Å². The summed E-state index contributed by atoms with van der Waals surface area (Å²) in [6.07, 6.45) is 4.81. The first kappa shape index (κ1) is 15.8. The van der Waals surface area contributed by atoms with Crippen LogP contribution in [0, 0.1) is 13.8 Å². The van der Waals surface area contributed by atoms with E-state index < -0.39 is 0 Å². The number of rotatable bonds is 4. The first-order chi connectivity index (χ1) is 10.2. The van der Waals surface area contributed by atoms with Gasteiger partial charge in [0.05, 0.1) is 0 Å². The fraction of sp³-hybridized carbons (Fsp3) is 0.588. The van der Waals surface area contributed by atoms with Crippen molar-refractivity contribution in [3.63, 3.8) is 0 Å². The Balaban J connectivity index is 1.74. The maximum Gasteiger partial charge on any atom is 0.411 e. The van der Waals surface area contributed by atoms with E-state index in [2.05, 4.69) is 10.2 Å². The summed E-state index contributed by atoms with van der Waals surface area (Å²) in [5, 5.41) is 2.85. The van der Waals surface area contributed by atoms with Crippen molar-refractivity contribution < 1.29 is 9.53 Å². The summed E-state index contributed by atoms with van der Waals surface area (Å²) >= 11 is 0. The number of nitrogens with zero attached hydrogens (tertiary/aromatic N) is 1. The van der Waals surface area contributed by atoms with Crippen LogP contribution in [0.25, 0.3) is 0 Å². The van der Waals surface area contributed by atoms with Gasteiger partial charge in [0.25, 0.3) is 0 Å². The van der Waals surface area contributed by atoms with Crippen molar-refractivity contribution in [2.45, 2.75) is 39.5 Å². The average molecular weight is 290 g/mol. The molecule has 4 heteroatoms. The SMILES string of the molecule is Cc1cccc(C)c1NC(=O)OCCN1CCCCCC1. The second kappa shape index (κ2) is 8.03. The molecular weight excluding hydrogens is 264 g/mol. The highest BCUT2D eigenvalue weighted by molar-refractivity contribution is 5.86. The quantitative estimate of drug-likeness (QED) is 0.918. The number of hydrogen-bond donors (Lipinski definition) is 1. The van der Waals surface area contributed by atoms with Crippen LogP contribution >= 0.6 is 0 Å². The summed E-state index contributed by atoms with van der Waals surface area (Å²) < 4.78 is 5.31. The summed E-state index contributed by atoms with van der Waals surface area (Å²) in [5.74, 6) is 0. The van der Waals surface area contributed by atoms with Crippen molar-refractivity contribution in [1.82, 2.24) is 4.90 Å². The molecule has 0 aliphatic carbocycles. The van der Waals surface area contributed by atoms with Gasteiger partial charge in [-0.15, -0.1) is 0 Å². The molecule has 0 atom stereocenters. The van der Waals surface area contributed by atoms with Crippen molar-refractivity contribution >= 4 is 11.8 Å². The molecular formula is C17H26N2O2. The first-order valence-electron chi connectivity index (χ1n) is 7.89. The molecule has 1 amide bonds. The van der Waals surface area contributed by atoms with Crippen LogP contribution in [0.5, 0.6) is 0 Å². The van der Waals surface area contributed by atoms with Gasteiger partial charge in [0.1, 0.15) is 6.61 Å². The molecule has 1 fully saturated rings. The molecule has 1 N–H and O–H groups in total. The van der Waals surface area contributed by atoms with Crippen molar-refractivity contribution in [1.29, 1.82) is 0 Å². The van der Waals surface area contributed by atoms with E-state index in [1.807, 2.05) is 32.0 Å². The van der Waals surface area contributed by atoms with Crippen LogP contribution in [0.2, 0.25) is 0 Å². The standard InChI is InChI=1S/C17H26N2O2/c1-14-8-7-9-15(2)16(14)18-17(20)21-13-12-19-10-5-3-4-6-11-19/h7-9H,3-6,10-13H2,1-2H3,(H,18,20). The van der Waals surface area contributed by atoms with E-state index in [9.17, 15) is 4.79 Å². The number of para-hydroxylation sites is 1. The Morgan fingerprint density at radius 2 is 1.76 bits per heavy atom. The summed E-state index contributed by atoms with van der Waals surface area (Å²) in [5.41, 5.74) is 2.97. The molecule has 1 aromatic carbocycles. The van der Waals surface area contributed by atoms with Crippen molar-refractivity contribution in [2.75, 3.05) is 31.6 Å². The molecule has 0 radical (unpaired) electrons. The van der Waals surface area contributed by atoms with Crippen molar-refractivity contribution in [3.05, 3.63) is 29.3 Å². The number of aryl methyl sites for hydroxylation is 2. The number of benzene rings is 1. The number of amides is 1.